The number of alkyl halides is 3. The first kappa shape index (κ1) is 21.5. The first-order chi connectivity index (χ1) is 15.1. The van der Waals surface area contributed by atoms with Gasteiger partial charge in [-0.3, -0.25) is 24.5 Å². The summed E-state index contributed by atoms with van der Waals surface area (Å²) < 4.78 is 40.6. The Balaban J connectivity index is 1.54. The minimum absolute atomic E-state index is 0.0168. The Hall–Kier alpha value is -3.69. The molecule has 0 aromatic heterocycles. The van der Waals surface area contributed by atoms with E-state index < -0.39 is 41.9 Å². The molecule has 0 spiro atoms. The summed E-state index contributed by atoms with van der Waals surface area (Å²) in [6, 6.07) is 8.01. The van der Waals surface area contributed by atoms with Crippen molar-refractivity contribution in [3.05, 3.63) is 70.8 Å². The molecule has 166 valence electrons. The number of hydrogen-bond donors (Lipinski definition) is 2. The summed E-state index contributed by atoms with van der Waals surface area (Å²) in [4.78, 5) is 50.1. The van der Waals surface area contributed by atoms with Crippen LogP contribution in [-0.4, -0.2) is 40.7 Å². The molecule has 1 unspecified atom stereocenters. The molecule has 4 rings (SSSR count). The zero-order valence-electron chi connectivity index (χ0n) is 16.6. The number of hydrogen-bond acceptors (Lipinski definition) is 4. The van der Waals surface area contributed by atoms with Crippen LogP contribution in [0.15, 0.2) is 48.5 Å². The molecule has 10 heteroatoms. The molecular formula is C22H18F3N3O4. The largest absolute Gasteiger partial charge is 0.412 e. The van der Waals surface area contributed by atoms with Gasteiger partial charge in [-0.2, -0.15) is 13.2 Å². The van der Waals surface area contributed by atoms with Crippen LogP contribution in [0.25, 0.3) is 0 Å². The maximum Gasteiger partial charge on any atom is 0.412 e. The second kappa shape index (κ2) is 8.10. The number of halogens is 3. The number of nitrogens with zero attached hydrogens (tertiary/aromatic N) is 1. The predicted molar refractivity (Wildman–Crippen MR) is 105 cm³/mol. The fourth-order valence-electron chi connectivity index (χ4n) is 3.93. The lowest BCUT2D eigenvalue weighted by molar-refractivity contribution is -0.155. The fraction of sp³-hybridized carbons (Fsp3) is 0.273. The van der Waals surface area contributed by atoms with Crippen LogP contribution in [0.1, 0.15) is 50.7 Å². The van der Waals surface area contributed by atoms with Gasteiger partial charge in [-0.25, -0.2) is 0 Å². The van der Waals surface area contributed by atoms with Gasteiger partial charge in [0.05, 0.1) is 0 Å². The van der Waals surface area contributed by atoms with E-state index in [2.05, 4.69) is 5.32 Å². The number of imide groups is 1. The average Bonchev–Trinajstić information content (AvgIpc) is 3.07. The number of fused-ring (bicyclic) bond motifs is 1. The van der Waals surface area contributed by atoms with Crippen LogP contribution in [0.5, 0.6) is 0 Å². The molecule has 2 heterocycles. The molecule has 2 aromatic carbocycles. The first-order valence-corrected chi connectivity index (χ1v) is 9.85. The molecule has 2 aromatic rings. The highest BCUT2D eigenvalue weighted by Crippen LogP contribution is 2.33. The Bertz CT molecular complexity index is 1100. The van der Waals surface area contributed by atoms with Crippen molar-refractivity contribution in [2.75, 3.05) is 0 Å². The highest BCUT2D eigenvalue weighted by atomic mass is 19.4. The topological polar surface area (TPSA) is 95.6 Å². The Morgan fingerprint density at radius 3 is 2.47 bits per heavy atom. The van der Waals surface area contributed by atoms with Gasteiger partial charge in [0.2, 0.25) is 11.8 Å². The van der Waals surface area contributed by atoms with Crippen LogP contribution in [0.4, 0.5) is 13.2 Å². The Kier molecular flexibility index (Phi) is 5.45. The highest BCUT2D eigenvalue weighted by molar-refractivity contribution is 6.06. The molecule has 7 nitrogen and oxygen atoms in total. The number of carbonyl (C=O) groups is 4. The Morgan fingerprint density at radius 1 is 1.09 bits per heavy atom. The van der Waals surface area contributed by atoms with E-state index in [9.17, 15) is 32.3 Å². The molecule has 32 heavy (non-hydrogen) atoms. The predicted octanol–water partition coefficient (Wildman–Crippen LogP) is 2.48. The van der Waals surface area contributed by atoms with E-state index in [1.54, 1.807) is 6.07 Å². The minimum atomic E-state index is -4.70. The van der Waals surface area contributed by atoms with Crippen molar-refractivity contribution in [1.82, 2.24) is 15.5 Å². The number of nitrogens with one attached hydrogen (secondary N) is 2. The van der Waals surface area contributed by atoms with Gasteiger partial charge in [0, 0.05) is 24.1 Å². The van der Waals surface area contributed by atoms with Crippen molar-refractivity contribution in [2.45, 2.75) is 37.6 Å². The van der Waals surface area contributed by atoms with Crippen molar-refractivity contribution < 1.29 is 32.3 Å². The molecule has 0 aliphatic carbocycles. The van der Waals surface area contributed by atoms with Gasteiger partial charge in [0.15, 0.2) is 6.04 Å². The van der Waals surface area contributed by atoms with Crippen molar-refractivity contribution in [3.8, 4) is 0 Å². The molecule has 2 atom stereocenters. The third-order valence-corrected chi connectivity index (χ3v) is 5.52. The van der Waals surface area contributed by atoms with Crippen LogP contribution >= 0.6 is 0 Å². The van der Waals surface area contributed by atoms with E-state index in [1.165, 1.54) is 47.4 Å². The van der Waals surface area contributed by atoms with Crippen molar-refractivity contribution >= 4 is 23.6 Å². The monoisotopic (exact) mass is 445 g/mol. The SMILES string of the molecule is O=C1CC[C@@H](N2Cc3cc(C(=O)NC(c4ccccc4)C(F)(F)F)ccc3C2=O)C(=O)N1. The number of piperidine rings is 1. The molecule has 2 N–H and O–H groups in total. The Labute approximate surface area is 180 Å². The first-order valence-electron chi connectivity index (χ1n) is 9.85. The van der Waals surface area contributed by atoms with Gasteiger partial charge in [0.1, 0.15) is 6.04 Å². The van der Waals surface area contributed by atoms with Crippen LogP contribution in [0.2, 0.25) is 0 Å². The molecule has 2 aliphatic rings. The van der Waals surface area contributed by atoms with E-state index >= 15 is 0 Å². The standard InChI is InChI=1S/C22H18F3N3O4/c23-22(24,25)18(12-4-2-1-3-5-12)27-19(30)13-6-7-15-14(10-13)11-28(21(15)32)16-8-9-17(29)26-20(16)31/h1-7,10,16,18H,8-9,11H2,(H,27,30)(H,26,29,31)/t16-,18?/m1/s1. The lowest BCUT2D eigenvalue weighted by atomic mass is 10.0. The molecule has 0 saturated carbocycles. The maximum atomic E-state index is 13.5. The van der Waals surface area contributed by atoms with Crippen molar-refractivity contribution in [2.24, 2.45) is 0 Å². The Morgan fingerprint density at radius 2 is 1.81 bits per heavy atom. The zero-order valence-corrected chi connectivity index (χ0v) is 16.6. The number of benzene rings is 2. The molecule has 4 amide bonds. The third kappa shape index (κ3) is 4.08. The van der Waals surface area contributed by atoms with Crippen LogP contribution < -0.4 is 10.6 Å². The molecule has 1 saturated heterocycles. The lowest BCUT2D eigenvalue weighted by Gasteiger charge is -2.29. The van der Waals surface area contributed by atoms with E-state index in [1.807, 2.05) is 5.32 Å². The smallest absolute Gasteiger partial charge is 0.337 e. The summed E-state index contributed by atoms with van der Waals surface area (Å²) >= 11 is 0. The highest BCUT2D eigenvalue weighted by Gasteiger charge is 2.42. The summed E-state index contributed by atoms with van der Waals surface area (Å²) in [6.07, 6.45) is -4.42. The van der Waals surface area contributed by atoms with E-state index in [4.69, 9.17) is 0 Å². The summed E-state index contributed by atoms with van der Waals surface area (Å²) in [5.41, 5.74) is 0.554. The van der Waals surface area contributed by atoms with E-state index in [0.717, 1.165) is 0 Å². The van der Waals surface area contributed by atoms with Gasteiger partial charge in [-0.1, -0.05) is 30.3 Å². The van der Waals surface area contributed by atoms with Gasteiger partial charge >= 0.3 is 6.18 Å². The average molecular weight is 445 g/mol. The van der Waals surface area contributed by atoms with Crippen LogP contribution in [0, 0.1) is 0 Å². The van der Waals surface area contributed by atoms with Crippen molar-refractivity contribution in [1.29, 1.82) is 0 Å². The van der Waals surface area contributed by atoms with Crippen LogP contribution in [-0.2, 0) is 16.1 Å². The number of rotatable bonds is 4. The zero-order chi connectivity index (χ0) is 23.0. The summed E-state index contributed by atoms with van der Waals surface area (Å²) in [5, 5.41) is 4.21. The number of carbonyl (C=O) groups excluding carboxylic acids is 4. The molecule has 0 radical (unpaired) electrons. The summed E-state index contributed by atoms with van der Waals surface area (Å²) in [7, 11) is 0. The maximum absolute atomic E-state index is 13.5. The van der Waals surface area contributed by atoms with Crippen LogP contribution in [0.3, 0.4) is 0 Å². The van der Waals surface area contributed by atoms with Crippen molar-refractivity contribution in [3.63, 3.8) is 0 Å². The molecule has 2 aliphatic heterocycles. The molecular weight excluding hydrogens is 427 g/mol. The van der Waals surface area contributed by atoms with Gasteiger partial charge in [-0.15, -0.1) is 0 Å². The normalized spacial score (nSPS) is 19.4. The van der Waals surface area contributed by atoms with Gasteiger partial charge < -0.3 is 10.2 Å². The number of amides is 4. The summed E-state index contributed by atoms with van der Waals surface area (Å²) in [5.74, 6) is -2.35. The fourth-order valence-corrected chi connectivity index (χ4v) is 3.93. The minimum Gasteiger partial charge on any atom is -0.337 e. The quantitative estimate of drug-likeness (QED) is 0.707. The third-order valence-electron chi connectivity index (χ3n) is 5.52. The summed E-state index contributed by atoms with van der Waals surface area (Å²) in [6.45, 7) is 0.0168. The molecule has 0 bridgehead atoms. The van der Waals surface area contributed by atoms with E-state index in [-0.39, 0.29) is 36.1 Å². The second-order valence-corrected chi connectivity index (χ2v) is 7.63. The second-order valence-electron chi connectivity index (χ2n) is 7.63. The van der Waals surface area contributed by atoms with E-state index in [0.29, 0.717) is 5.56 Å². The van der Waals surface area contributed by atoms with Gasteiger partial charge in [-0.05, 0) is 35.7 Å². The van der Waals surface area contributed by atoms with Gasteiger partial charge in [0.25, 0.3) is 11.8 Å². The lowest BCUT2D eigenvalue weighted by Crippen LogP contribution is -2.52. The molecule has 1 fully saturated rings.